The number of carbonyl (C=O) groups is 2. The first-order valence-corrected chi connectivity index (χ1v) is 9.55. The lowest BCUT2D eigenvalue weighted by Gasteiger charge is -2.33. The Hall–Kier alpha value is -2.43. The number of nitrogens with one attached hydrogen (secondary N) is 1. The molecular formula is C17H24N6O3S. The molecule has 1 aliphatic rings. The third-order valence-electron chi connectivity index (χ3n) is 4.05. The van der Waals surface area contributed by atoms with Crippen molar-refractivity contribution in [1.82, 2.24) is 30.1 Å². The quantitative estimate of drug-likeness (QED) is 0.686. The van der Waals surface area contributed by atoms with Crippen LogP contribution in [0.2, 0.25) is 0 Å². The fourth-order valence-electron chi connectivity index (χ4n) is 2.61. The minimum absolute atomic E-state index is 0.0467. The van der Waals surface area contributed by atoms with Crippen LogP contribution in [0.25, 0.3) is 10.8 Å². The van der Waals surface area contributed by atoms with Gasteiger partial charge in [-0.15, -0.1) is 11.3 Å². The molecule has 0 unspecified atom stereocenters. The molecule has 2 N–H and O–H groups in total. The van der Waals surface area contributed by atoms with E-state index in [0.717, 1.165) is 43.4 Å². The van der Waals surface area contributed by atoms with E-state index in [4.69, 9.17) is 9.90 Å². The van der Waals surface area contributed by atoms with Crippen LogP contribution in [0.3, 0.4) is 0 Å². The Morgan fingerprint density at radius 1 is 1.26 bits per heavy atom. The number of thiazole rings is 1. The largest absolute Gasteiger partial charge is 0.483 e. The molecule has 0 atom stereocenters. The van der Waals surface area contributed by atoms with E-state index in [0.29, 0.717) is 18.9 Å². The minimum atomic E-state index is -0.250. The van der Waals surface area contributed by atoms with Crippen LogP contribution in [0.15, 0.2) is 23.8 Å². The average molecular weight is 392 g/mol. The summed E-state index contributed by atoms with van der Waals surface area (Å²) in [5.74, 6) is 0.666. The molecule has 1 aliphatic heterocycles. The molecule has 1 fully saturated rings. The molecule has 3 rings (SSSR count). The number of piperazine rings is 1. The van der Waals surface area contributed by atoms with Gasteiger partial charge in [-0.2, -0.15) is 0 Å². The van der Waals surface area contributed by atoms with Crippen LogP contribution in [0.5, 0.6) is 0 Å². The summed E-state index contributed by atoms with van der Waals surface area (Å²) >= 11 is 1.49. The highest BCUT2D eigenvalue weighted by Crippen LogP contribution is 2.19. The first-order chi connectivity index (χ1) is 13.2. The predicted molar refractivity (Wildman–Crippen MR) is 102 cm³/mol. The zero-order valence-electron chi connectivity index (χ0n) is 15.2. The van der Waals surface area contributed by atoms with Crippen molar-refractivity contribution in [3.8, 4) is 10.8 Å². The van der Waals surface area contributed by atoms with Crippen LogP contribution in [0.1, 0.15) is 12.6 Å². The number of carbonyl (C=O) groups excluding carboxylic acids is 1. The van der Waals surface area contributed by atoms with Crippen LogP contribution in [-0.4, -0.2) is 81.5 Å². The second-order valence-electron chi connectivity index (χ2n) is 5.81. The number of hydrogen-bond donors (Lipinski definition) is 2. The summed E-state index contributed by atoms with van der Waals surface area (Å²) in [4.78, 5) is 37.9. The zero-order valence-corrected chi connectivity index (χ0v) is 16.1. The number of likely N-dealkylation sites (N-methyl/N-ethyl adjacent to an activating group) is 1. The third kappa shape index (κ3) is 7.00. The number of aromatic nitrogens is 3. The number of carboxylic acid groups (broad SMARTS) is 1. The van der Waals surface area contributed by atoms with E-state index in [-0.39, 0.29) is 12.4 Å². The summed E-state index contributed by atoms with van der Waals surface area (Å²) in [6, 6.07) is 1.78. The molecule has 0 bridgehead atoms. The SMILES string of the molecule is CCN1CCN(CC(=O)NCc2csc(-c3ncccn3)n2)CC1.O=CO. The average Bonchev–Trinajstić information content (AvgIpc) is 3.17. The molecule has 1 saturated heterocycles. The van der Waals surface area contributed by atoms with Crippen molar-refractivity contribution in [2.75, 3.05) is 39.3 Å². The summed E-state index contributed by atoms with van der Waals surface area (Å²) in [5.41, 5.74) is 0.839. The van der Waals surface area contributed by atoms with Gasteiger partial charge in [0.15, 0.2) is 10.8 Å². The van der Waals surface area contributed by atoms with Crippen LogP contribution in [-0.2, 0) is 16.1 Å². The number of amides is 1. The summed E-state index contributed by atoms with van der Waals surface area (Å²) in [6.45, 7) is 7.88. The van der Waals surface area contributed by atoms with Gasteiger partial charge < -0.3 is 15.3 Å². The lowest BCUT2D eigenvalue weighted by Crippen LogP contribution is -2.49. The van der Waals surface area contributed by atoms with Crippen molar-refractivity contribution < 1.29 is 14.7 Å². The monoisotopic (exact) mass is 392 g/mol. The van der Waals surface area contributed by atoms with Crippen LogP contribution in [0, 0.1) is 0 Å². The molecule has 146 valence electrons. The second kappa shape index (κ2) is 11.3. The van der Waals surface area contributed by atoms with Gasteiger partial charge in [-0.05, 0) is 12.6 Å². The van der Waals surface area contributed by atoms with Gasteiger partial charge in [0, 0.05) is 44.0 Å². The van der Waals surface area contributed by atoms with E-state index in [1.165, 1.54) is 11.3 Å². The summed E-state index contributed by atoms with van der Waals surface area (Å²) in [7, 11) is 0. The molecule has 3 heterocycles. The summed E-state index contributed by atoms with van der Waals surface area (Å²) < 4.78 is 0. The van der Waals surface area contributed by atoms with Crippen molar-refractivity contribution in [2.24, 2.45) is 0 Å². The van der Waals surface area contributed by atoms with Crippen molar-refractivity contribution >= 4 is 23.7 Å². The van der Waals surface area contributed by atoms with E-state index >= 15 is 0 Å². The van der Waals surface area contributed by atoms with E-state index < -0.39 is 0 Å². The topological polar surface area (TPSA) is 112 Å². The second-order valence-corrected chi connectivity index (χ2v) is 6.67. The van der Waals surface area contributed by atoms with E-state index in [9.17, 15) is 4.79 Å². The van der Waals surface area contributed by atoms with Crippen molar-refractivity contribution in [3.63, 3.8) is 0 Å². The third-order valence-corrected chi connectivity index (χ3v) is 4.94. The molecule has 1 amide bonds. The van der Waals surface area contributed by atoms with Gasteiger partial charge in [0.1, 0.15) is 0 Å². The highest BCUT2D eigenvalue weighted by Gasteiger charge is 2.17. The maximum atomic E-state index is 12.1. The highest BCUT2D eigenvalue weighted by molar-refractivity contribution is 7.13. The number of rotatable bonds is 6. The van der Waals surface area contributed by atoms with Crippen LogP contribution in [0.4, 0.5) is 0 Å². The number of hydrogen-bond acceptors (Lipinski definition) is 8. The Kier molecular flexibility index (Phi) is 8.75. The smallest absolute Gasteiger partial charge is 0.290 e. The lowest BCUT2D eigenvalue weighted by molar-refractivity contribution is -0.123. The van der Waals surface area contributed by atoms with Crippen molar-refractivity contribution in [3.05, 3.63) is 29.5 Å². The molecule has 2 aromatic heterocycles. The molecule has 10 heteroatoms. The van der Waals surface area contributed by atoms with Gasteiger partial charge in [-0.25, -0.2) is 15.0 Å². The van der Waals surface area contributed by atoms with E-state index in [1.807, 2.05) is 5.38 Å². The van der Waals surface area contributed by atoms with Crippen LogP contribution >= 0.6 is 11.3 Å². The Morgan fingerprint density at radius 3 is 2.52 bits per heavy atom. The minimum Gasteiger partial charge on any atom is -0.483 e. The van der Waals surface area contributed by atoms with Gasteiger partial charge in [0.25, 0.3) is 6.47 Å². The van der Waals surface area contributed by atoms with Gasteiger partial charge in [-0.1, -0.05) is 6.92 Å². The Morgan fingerprint density at radius 2 is 1.89 bits per heavy atom. The first-order valence-electron chi connectivity index (χ1n) is 8.67. The fourth-order valence-corrected chi connectivity index (χ4v) is 3.38. The Bertz CT molecular complexity index is 704. The zero-order chi connectivity index (χ0) is 19.5. The molecule has 0 saturated carbocycles. The normalized spacial score (nSPS) is 14.9. The summed E-state index contributed by atoms with van der Waals surface area (Å²) in [6.07, 6.45) is 3.40. The fraction of sp³-hybridized carbons (Fsp3) is 0.471. The molecule has 0 aromatic carbocycles. The number of nitrogens with zero attached hydrogens (tertiary/aromatic N) is 5. The molecular weight excluding hydrogens is 368 g/mol. The van der Waals surface area contributed by atoms with Crippen LogP contribution < -0.4 is 5.32 Å². The van der Waals surface area contributed by atoms with Gasteiger partial charge in [0.05, 0.1) is 18.8 Å². The van der Waals surface area contributed by atoms with Gasteiger partial charge >= 0.3 is 0 Å². The molecule has 9 nitrogen and oxygen atoms in total. The Labute approximate surface area is 162 Å². The molecule has 0 aliphatic carbocycles. The van der Waals surface area contributed by atoms with E-state index in [2.05, 4.69) is 37.0 Å². The standard InChI is InChI=1S/C16H22N6OS.CH2O2/c1-2-21-6-8-22(9-7-21)11-14(23)19-10-13-12-24-16(20-13)15-17-4-3-5-18-15;2-1-3/h3-5,12H,2,6-11H2,1H3,(H,19,23);1H,(H,2,3). The van der Waals surface area contributed by atoms with Crippen molar-refractivity contribution in [2.45, 2.75) is 13.5 Å². The van der Waals surface area contributed by atoms with Gasteiger partial charge in [-0.3, -0.25) is 14.5 Å². The van der Waals surface area contributed by atoms with Gasteiger partial charge in [0.2, 0.25) is 5.91 Å². The van der Waals surface area contributed by atoms with E-state index in [1.54, 1.807) is 18.5 Å². The molecule has 2 aromatic rings. The maximum Gasteiger partial charge on any atom is 0.290 e. The predicted octanol–water partition coefficient (Wildman–Crippen LogP) is 0.555. The van der Waals surface area contributed by atoms with Crippen molar-refractivity contribution in [1.29, 1.82) is 0 Å². The molecule has 0 radical (unpaired) electrons. The molecule has 0 spiro atoms. The first kappa shape index (κ1) is 20.9. The summed E-state index contributed by atoms with van der Waals surface area (Å²) in [5, 5.41) is 12.5. The lowest BCUT2D eigenvalue weighted by atomic mass is 10.3. The maximum absolute atomic E-state index is 12.1. The highest BCUT2D eigenvalue weighted by atomic mass is 32.1. The Balaban J connectivity index is 0.000000817. The molecule has 27 heavy (non-hydrogen) atoms.